The molecule has 0 aliphatic heterocycles. The highest BCUT2D eigenvalue weighted by Crippen LogP contribution is 2.21. The predicted molar refractivity (Wildman–Crippen MR) is 67.9 cm³/mol. The van der Waals surface area contributed by atoms with Crippen LogP contribution in [-0.4, -0.2) is 31.0 Å². The fourth-order valence-electron chi connectivity index (χ4n) is 1.71. The number of primary amides is 1. The number of ether oxygens (including phenoxy) is 1. The third-order valence-corrected chi connectivity index (χ3v) is 2.63. The summed E-state index contributed by atoms with van der Waals surface area (Å²) in [5.41, 5.74) is 6.63. The second-order valence-corrected chi connectivity index (χ2v) is 3.91. The van der Waals surface area contributed by atoms with E-state index in [1.165, 1.54) is 0 Å². The van der Waals surface area contributed by atoms with Gasteiger partial charge in [-0.1, -0.05) is 6.92 Å². The molecule has 5 nitrogen and oxygen atoms in total. The zero-order valence-electron chi connectivity index (χ0n) is 10.6. The van der Waals surface area contributed by atoms with Gasteiger partial charge in [0.15, 0.2) is 0 Å². The Morgan fingerprint density at radius 3 is 2.78 bits per heavy atom. The normalized spacial score (nSPS) is 10.1. The van der Waals surface area contributed by atoms with Gasteiger partial charge in [0.05, 0.1) is 25.3 Å². The lowest BCUT2D eigenvalue weighted by molar-refractivity contribution is -0.119. The number of methoxy groups -OCH3 is 1. The van der Waals surface area contributed by atoms with E-state index in [-0.39, 0.29) is 12.5 Å². The molecule has 2 N–H and O–H groups in total. The third kappa shape index (κ3) is 3.75. The van der Waals surface area contributed by atoms with Crippen molar-refractivity contribution < 1.29 is 9.53 Å². The standard InChI is InChI=1S/C13H17N3O2/c1-3-16(9-13(15)17)8-11-6-10(7-14)4-5-12(11)18-2/h4-6H,3,8-9H2,1-2H3,(H2,15,17). The first kappa shape index (κ1) is 14.0. The van der Waals surface area contributed by atoms with Crippen LogP contribution in [0.4, 0.5) is 0 Å². The molecule has 0 atom stereocenters. The summed E-state index contributed by atoms with van der Waals surface area (Å²) >= 11 is 0. The molecule has 0 saturated carbocycles. The smallest absolute Gasteiger partial charge is 0.231 e. The summed E-state index contributed by atoms with van der Waals surface area (Å²) < 4.78 is 5.24. The summed E-state index contributed by atoms with van der Waals surface area (Å²) in [5, 5.41) is 8.88. The van der Waals surface area contributed by atoms with Crippen LogP contribution in [0.1, 0.15) is 18.1 Å². The second-order valence-electron chi connectivity index (χ2n) is 3.91. The van der Waals surface area contributed by atoms with Gasteiger partial charge in [-0.15, -0.1) is 0 Å². The van der Waals surface area contributed by atoms with E-state index >= 15 is 0 Å². The van der Waals surface area contributed by atoms with Gasteiger partial charge in [-0.25, -0.2) is 0 Å². The number of likely N-dealkylation sites (N-methyl/N-ethyl adjacent to an activating group) is 1. The van der Waals surface area contributed by atoms with Crippen molar-refractivity contribution in [2.75, 3.05) is 20.2 Å². The van der Waals surface area contributed by atoms with E-state index < -0.39 is 0 Å². The zero-order chi connectivity index (χ0) is 13.5. The number of hydrogen-bond acceptors (Lipinski definition) is 4. The SMILES string of the molecule is CCN(CC(N)=O)Cc1cc(C#N)ccc1OC. The molecule has 1 aromatic rings. The quantitative estimate of drug-likeness (QED) is 0.809. The van der Waals surface area contributed by atoms with Crippen molar-refractivity contribution in [3.63, 3.8) is 0 Å². The molecule has 0 aromatic heterocycles. The molecule has 0 bridgehead atoms. The predicted octanol–water partition coefficient (Wildman–Crippen LogP) is 0.874. The maximum Gasteiger partial charge on any atom is 0.231 e. The summed E-state index contributed by atoms with van der Waals surface area (Å²) in [5.74, 6) is 0.337. The first-order valence-corrected chi connectivity index (χ1v) is 5.68. The zero-order valence-corrected chi connectivity index (χ0v) is 10.6. The van der Waals surface area contributed by atoms with Crippen LogP contribution in [0.15, 0.2) is 18.2 Å². The highest BCUT2D eigenvalue weighted by Gasteiger charge is 2.11. The Morgan fingerprint density at radius 2 is 2.28 bits per heavy atom. The second kappa shape index (κ2) is 6.62. The average Bonchev–Trinajstić information content (AvgIpc) is 2.37. The monoisotopic (exact) mass is 247 g/mol. The highest BCUT2D eigenvalue weighted by molar-refractivity contribution is 5.75. The van der Waals surface area contributed by atoms with Crippen molar-refractivity contribution in [2.45, 2.75) is 13.5 Å². The van der Waals surface area contributed by atoms with Gasteiger partial charge in [0.25, 0.3) is 0 Å². The van der Waals surface area contributed by atoms with Crippen LogP contribution in [-0.2, 0) is 11.3 Å². The van der Waals surface area contributed by atoms with Crippen LogP contribution in [0.3, 0.4) is 0 Å². The molecule has 1 rings (SSSR count). The minimum atomic E-state index is -0.368. The molecule has 0 aliphatic rings. The molecule has 18 heavy (non-hydrogen) atoms. The topological polar surface area (TPSA) is 79.4 Å². The van der Waals surface area contributed by atoms with Crippen LogP contribution in [0, 0.1) is 11.3 Å². The number of benzene rings is 1. The number of carbonyl (C=O) groups excluding carboxylic acids is 1. The number of carbonyl (C=O) groups is 1. The number of hydrogen-bond donors (Lipinski definition) is 1. The van der Waals surface area contributed by atoms with Crippen LogP contribution in [0.25, 0.3) is 0 Å². The molecule has 0 fully saturated rings. The van der Waals surface area contributed by atoms with E-state index in [4.69, 9.17) is 15.7 Å². The fraction of sp³-hybridized carbons (Fsp3) is 0.385. The van der Waals surface area contributed by atoms with Crippen LogP contribution in [0.5, 0.6) is 5.75 Å². The first-order chi connectivity index (χ1) is 8.60. The molecule has 0 unspecified atom stereocenters. The molecule has 0 heterocycles. The van der Waals surface area contributed by atoms with Crippen molar-refractivity contribution in [3.05, 3.63) is 29.3 Å². The van der Waals surface area contributed by atoms with Gasteiger partial charge in [0.2, 0.25) is 5.91 Å². The molecule has 0 aliphatic carbocycles. The number of nitrogens with zero attached hydrogens (tertiary/aromatic N) is 2. The van der Waals surface area contributed by atoms with Crippen LogP contribution >= 0.6 is 0 Å². The fourth-order valence-corrected chi connectivity index (χ4v) is 1.71. The van der Waals surface area contributed by atoms with Gasteiger partial charge in [0.1, 0.15) is 5.75 Å². The molecule has 1 aromatic carbocycles. The highest BCUT2D eigenvalue weighted by atomic mass is 16.5. The van der Waals surface area contributed by atoms with Gasteiger partial charge >= 0.3 is 0 Å². The number of nitriles is 1. The van der Waals surface area contributed by atoms with Gasteiger partial charge in [-0.3, -0.25) is 9.69 Å². The van der Waals surface area contributed by atoms with Gasteiger partial charge < -0.3 is 10.5 Å². The lowest BCUT2D eigenvalue weighted by Gasteiger charge is -2.20. The Morgan fingerprint density at radius 1 is 1.56 bits per heavy atom. The molecule has 0 saturated heterocycles. The number of amides is 1. The molecule has 0 radical (unpaired) electrons. The van der Waals surface area contributed by atoms with E-state index in [1.54, 1.807) is 25.3 Å². The number of nitrogens with two attached hydrogens (primary N) is 1. The first-order valence-electron chi connectivity index (χ1n) is 5.68. The van der Waals surface area contributed by atoms with E-state index in [1.807, 2.05) is 11.8 Å². The van der Waals surface area contributed by atoms with E-state index in [0.717, 1.165) is 5.56 Å². The van der Waals surface area contributed by atoms with E-state index in [9.17, 15) is 4.79 Å². The average molecular weight is 247 g/mol. The van der Waals surface area contributed by atoms with Gasteiger partial charge in [-0.2, -0.15) is 5.26 Å². The minimum Gasteiger partial charge on any atom is -0.496 e. The maximum absolute atomic E-state index is 10.9. The summed E-state index contributed by atoms with van der Waals surface area (Å²) in [6.07, 6.45) is 0. The van der Waals surface area contributed by atoms with Crippen LogP contribution < -0.4 is 10.5 Å². The Balaban J connectivity index is 2.93. The summed E-state index contributed by atoms with van der Waals surface area (Å²) in [6, 6.07) is 7.31. The Labute approximate surface area is 107 Å². The van der Waals surface area contributed by atoms with Crippen molar-refractivity contribution >= 4 is 5.91 Å². The Kier molecular flexibility index (Phi) is 5.15. The maximum atomic E-state index is 10.9. The molecular formula is C13H17N3O2. The van der Waals surface area contributed by atoms with Crippen molar-refractivity contribution in [3.8, 4) is 11.8 Å². The molecule has 96 valence electrons. The third-order valence-electron chi connectivity index (χ3n) is 2.63. The Hall–Kier alpha value is -2.06. The van der Waals surface area contributed by atoms with Crippen LogP contribution in [0.2, 0.25) is 0 Å². The number of rotatable bonds is 6. The van der Waals surface area contributed by atoms with Crippen molar-refractivity contribution in [1.82, 2.24) is 4.90 Å². The van der Waals surface area contributed by atoms with E-state index in [0.29, 0.717) is 24.4 Å². The van der Waals surface area contributed by atoms with Crippen molar-refractivity contribution in [2.24, 2.45) is 5.73 Å². The summed E-state index contributed by atoms with van der Waals surface area (Å²) in [4.78, 5) is 12.8. The minimum absolute atomic E-state index is 0.191. The summed E-state index contributed by atoms with van der Waals surface area (Å²) in [7, 11) is 1.58. The van der Waals surface area contributed by atoms with Gasteiger partial charge in [0, 0.05) is 12.1 Å². The molecular weight excluding hydrogens is 230 g/mol. The molecule has 1 amide bonds. The summed E-state index contributed by atoms with van der Waals surface area (Å²) in [6.45, 7) is 3.36. The largest absolute Gasteiger partial charge is 0.496 e. The molecule has 0 spiro atoms. The van der Waals surface area contributed by atoms with E-state index in [2.05, 4.69) is 6.07 Å². The molecule has 5 heteroatoms. The lowest BCUT2D eigenvalue weighted by Crippen LogP contribution is -2.33. The van der Waals surface area contributed by atoms with Crippen molar-refractivity contribution in [1.29, 1.82) is 5.26 Å². The Bertz CT molecular complexity index is 466. The van der Waals surface area contributed by atoms with Gasteiger partial charge in [-0.05, 0) is 24.7 Å². The lowest BCUT2D eigenvalue weighted by atomic mass is 10.1.